The van der Waals surface area contributed by atoms with E-state index in [1.165, 1.54) is 0 Å². The lowest BCUT2D eigenvalue weighted by atomic mass is 10.2. The minimum atomic E-state index is 0.858. The van der Waals surface area contributed by atoms with E-state index in [0.717, 1.165) is 55.5 Å². The minimum absolute atomic E-state index is 0.858. The molecule has 1 heterocycles. The summed E-state index contributed by atoms with van der Waals surface area (Å²) in [5.41, 5.74) is 1.14. The van der Waals surface area contributed by atoms with Gasteiger partial charge in [-0.1, -0.05) is 6.92 Å². The molecule has 0 atom stereocenters. The highest BCUT2D eigenvalue weighted by Crippen LogP contribution is 2.23. The second kappa shape index (κ2) is 8.04. The highest BCUT2D eigenvalue weighted by molar-refractivity contribution is 5.58. The van der Waals surface area contributed by atoms with Gasteiger partial charge >= 0.3 is 0 Å². The average molecular weight is 279 g/mol. The van der Waals surface area contributed by atoms with Crippen molar-refractivity contribution in [2.45, 2.75) is 33.6 Å². The van der Waals surface area contributed by atoms with E-state index < -0.39 is 0 Å². The van der Waals surface area contributed by atoms with E-state index in [9.17, 15) is 0 Å². The Bertz CT molecular complexity index is 417. The van der Waals surface area contributed by atoms with E-state index in [1.54, 1.807) is 0 Å². The molecular formula is C15H29N5. The fraction of sp³-hybridized carbons (Fsp3) is 0.733. The first-order valence-electron chi connectivity index (χ1n) is 7.46. The molecule has 1 rings (SSSR count). The van der Waals surface area contributed by atoms with Crippen molar-refractivity contribution in [2.24, 2.45) is 0 Å². The summed E-state index contributed by atoms with van der Waals surface area (Å²) in [5, 5.41) is 3.33. The predicted molar refractivity (Wildman–Crippen MR) is 86.8 cm³/mol. The van der Waals surface area contributed by atoms with Crippen LogP contribution in [0.3, 0.4) is 0 Å². The van der Waals surface area contributed by atoms with Gasteiger partial charge in [-0.3, -0.25) is 0 Å². The fourth-order valence-electron chi connectivity index (χ4n) is 2.15. The number of nitrogens with one attached hydrogen (secondary N) is 1. The van der Waals surface area contributed by atoms with Crippen LogP contribution in [0.15, 0.2) is 0 Å². The summed E-state index contributed by atoms with van der Waals surface area (Å²) in [6.45, 7) is 9.25. The van der Waals surface area contributed by atoms with E-state index in [-0.39, 0.29) is 0 Å². The summed E-state index contributed by atoms with van der Waals surface area (Å²) in [5.74, 6) is 2.92. The predicted octanol–water partition coefficient (Wildman–Crippen LogP) is 2.17. The van der Waals surface area contributed by atoms with Gasteiger partial charge in [-0.25, -0.2) is 9.97 Å². The van der Waals surface area contributed by atoms with Crippen LogP contribution in [0.1, 0.15) is 31.7 Å². The van der Waals surface area contributed by atoms with Gasteiger partial charge in [0.2, 0.25) is 0 Å². The van der Waals surface area contributed by atoms with Crippen LogP contribution in [0.2, 0.25) is 0 Å². The van der Waals surface area contributed by atoms with Crippen LogP contribution in [-0.4, -0.2) is 55.6 Å². The quantitative estimate of drug-likeness (QED) is 0.790. The lowest BCUT2D eigenvalue weighted by Gasteiger charge is -2.23. The van der Waals surface area contributed by atoms with E-state index >= 15 is 0 Å². The maximum atomic E-state index is 4.69. The van der Waals surface area contributed by atoms with Crippen LogP contribution in [-0.2, 0) is 6.42 Å². The molecule has 0 aliphatic carbocycles. The molecule has 0 unspecified atom stereocenters. The van der Waals surface area contributed by atoms with Gasteiger partial charge in [0.1, 0.15) is 17.5 Å². The Kier molecular flexibility index (Phi) is 6.71. The number of rotatable bonds is 8. The van der Waals surface area contributed by atoms with Gasteiger partial charge in [0, 0.05) is 32.1 Å². The van der Waals surface area contributed by atoms with Gasteiger partial charge in [0.05, 0.1) is 0 Å². The molecule has 0 aliphatic heterocycles. The van der Waals surface area contributed by atoms with E-state index in [2.05, 4.69) is 62.0 Å². The summed E-state index contributed by atoms with van der Waals surface area (Å²) in [7, 11) is 6.32. The second-order valence-corrected chi connectivity index (χ2v) is 5.40. The molecule has 0 saturated carbocycles. The first kappa shape index (κ1) is 16.7. The molecule has 1 N–H and O–H groups in total. The highest BCUT2D eigenvalue weighted by Gasteiger charge is 2.13. The van der Waals surface area contributed by atoms with E-state index in [1.807, 2.05) is 0 Å². The van der Waals surface area contributed by atoms with Crippen LogP contribution < -0.4 is 10.2 Å². The van der Waals surface area contributed by atoms with Gasteiger partial charge in [-0.2, -0.15) is 0 Å². The maximum absolute atomic E-state index is 4.69. The SMILES string of the molecule is CCNc1nc(CC)nc(N(C)CCCN(C)C)c1C. The molecular weight excluding hydrogens is 250 g/mol. The third-order valence-corrected chi connectivity index (χ3v) is 3.29. The molecule has 0 bridgehead atoms. The van der Waals surface area contributed by atoms with Crippen LogP contribution >= 0.6 is 0 Å². The summed E-state index contributed by atoms with van der Waals surface area (Å²) in [6.07, 6.45) is 1.99. The Morgan fingerprint density at radius 1 is 1.05 bits per heavy atom. The molecule has 1 aromatic rings. The molecule has 0 aromatic carbocycles. The second-order valence-electron chi connectivity index (χ2n) is 5.40. The number of nitrogens with zero attached hydrogens (tertiary/aromatic N) is 4. The van der Waals surface area contributed by atoms with Gasteiger partial charge in [-0.05, 0) is 40.9 Å². The van der Waals surface area contributed by atoms with Crippen molar-refractivity contribution in [1.82, 2.24) is 14.9 Å². The monoisotopic (exact) mass is 279 g/mol. The molecule has 0 spiro atoms. The summed E-state index contributed by atoms with van der Waals surface area (Å²) < 4.78 is 0. The Hall–Kier alpha value is -1.36. The zero-order valence-corrected chi connectivity index (χ0v) is 13.8. The zero-order valence-electron chi connectivity index (χ0n) is 13.8. The van der Waals surface area contributed by atoms with Gasteiger partial charge in [-0.15, -0.1) is 0 Å². The molecule has 5 heteroatoms. The summed E-state index contributed by atoms with van der Waals surface area (Å²) in [6, 6.07) is 0. The summed E-state index contributed by atoms with van der Waals surface area (Å²) >= 11 is 0. The largest absolute Gasteiger partial charge is 0.370 e. The van der Waals surface area contributed by atoms with Gasteiger partial charge in [0.25, 0.3) is 0 Å². The van der Waals surface area contributed by atoms with Crippen molar-refractivity contribution >= 4 is 11.6 Å². The molecule has 114 valence electrons. The average Bonchev–Trinajstić information content (AvgIpc) is 2.40. The molecule has 20 heavy (non-hydrogen) atoms. The molecule has 0 amide bonds. The Balaban J connectivity index is 2.88. The topological polar surface area (TPSA) is 44.3 Å². The minimum Gasteiger partial charge on any atom is -0.370 e. The van der Waals surface area contributed by atoms with Crippen molar-refractivity contribution < 1.29 is 0 Å². The van der Waals surface area contributed by atoms with Crippen molar-refractivity contribution in [3.8, 4) is 0 Å². The first-order chi connectivity index (χ1) is 9.49. The first-order valence-corrected chi connectivity index (χ1v) is 7.46. The highest BCUT2D eigenvalue weighted by atomic mass is 15.2. The molecule has 0 radical (unpaired) electrons. The van der Waals surface area contributed by atoms with Gasteiger partial charge in [0.15, 0.2) is 0 Å². The molecule has 5 nitrogen and oxygen atoms in total. The van der Waals surface area contributed by atoms with E-state index in [4.69, 9.17) is 4.98 Å². The molecule has 0 fully saturated rings. The number of hydrogen-bond acceptors (Lipinski definition) is 5. The fourth-order valence-corrected chi connectivity index (χ4v) is 2.15. The lowest BCUT2D eigenvalue weighted by Crippen LogP contribution is -2.25. The third kappa shape index (κ3) is 4.63. The van der Waals surface area contributed by atoms with Crippen molar-refractivity contribution in [3.05, 3.63) is 11.4 Å². The maximum Gasteiger partial charge on any atom is 0.137 e. The lowest BCUT2D eigenvalue weighted by molar-refractivity contribution is 0.401. The number of hydrogen-bond donors (Lipinski definition) is 1. The van der Waals surface area contributed by atoms with Crippen LogP contribution in [0.5, 0.6) is 0 Å². The molecule has 1 aromatic heterocycles. The van der Waals surface area contributed by atoms with Crippen molar-refractivity contribution in [3.63, 3.8) is 0 Å². The third-order valence-electron chi connectivity index (χ3n) is 3.29. The Morgan fingerprint density at radius 3 is 2.30 bits per heavy atom. The molecule has 0 saturated heterocycles. The van der Waals surface area contributed by atoms with Crippen molar-refractivity contribution in [1.29, 1.82) is 0 Å². The normalized spacial score (nSPS) is 10.9. The standard InChI is InChI=1S/C15H29N5/c1-7-13-17-14(16-8-2)12(3)15(18-13)20(6)11-9-10-19(4)5/h7-11H2,1-6H3,(H,16,17,18). The smallest absolute Gasteiger partial charge is 0.137 e. The number of aryl methyl sites for hydroxylation is 1. The summed E-state index contributed by atoms with van der Waals surface area (Å²) in [4.78, 5) is 13.7. The van der Waals surface area contributed by atoms with Crippen LogP contribution in [0.25, 0.3) is 0 Å². The Morgan fingerprint density at radius 2 is 1.75 bits per heavy atom. The van der Waals surface area contributed by atoms with Crippen LogP contribution in [0.4, 0.5) is 11.6 Å². The van der Waals surface area contributed by atoms with Crippen molar-refractivity contribution in [2.75, 3.05) is 51.0 Å². The Labute approximate surface area is 123 Å². The van der Waals surface area contributed by atoms with E-state index in [0.29, 0.717) is 0 Å². The van der Waals surface area contributed by atoms with Crippen LogP contribution in [0, 0.1) is 6.92 Å². The number of aromatic nitrogens is 2. The molecule has 0 aliphatic rings. The zero-order chi connectivity index (χ0) is 15.1. The number of anilines is 2. The van der Waals surface area contributed by atoms with Gasteiger partial charge < -0.3 is 15.1 Å².